The summed E-state index contributed by atoms with van der Waals surface area (Å²) in [7, 11) is 0. The van der Waals surface area contributed by atoms with E-state index in [0.717, 1.165) is 37.3 Å². The van der Waals surface area contributed by atoms with Gasteiger partial charge < -0.3 is 10.2 Å². The van der Waals surface area contributed by atoms with E-state index in [2.05, 4.69) is 16.3 Å². The lowest BCUT2D eigenvalue weighted by Gasteiger charge is -2.26. The summed E-state index contributed by atoms with van der Waals surface area (Å²) >= 11 is 0. The van der Waals surface area contributed by atoms with Gasteiger partial charge in [0.2, 0.25) is 0 Å². The molecule has 1 saturated heterocycles. The standard InChI is InChI=1S/C13H15N3.ClH/c14-10-13(12-4-2-1-3-5-12)11-16-8-6-15-7-9-16;/h1-5,11,15H,6-9H2;1H. The molecule has 0 unspecified atom stereocenters. The Balaban J connectivity index is 0.00000144. The Hall–Kier alpha value is -1.50. The number of nitriles is 1. The summed E-state index contributed by atoms with van der Waals surface area (Å²) < 4.78 is 0. The number of hydrogen-bond donors (Lipinski definition) is 1. The van der Waals surface area contributed by atoms with Crippen molar-refractivity contribution in [3.63, 3.8) is 0 Å². The second-order valence-electron chi connectivity index (χ2n) is 3.81. The molecule has 1 aliphatic heterocycles. The molecule has 0 aromatic heterocycles. The molecule has 3 nitrogen and oxygen atoms in total. The van der Waals surface area contributed by atoms with Gasteiger partial charge in [-0.15, -0.1) is 12.4 Å². The topological polar surface area (TPSA) is 39.1 Å². The third-order valence-electron chi connectivity index (χ3n) is 2.67. The van der Waals surface area contributed by atoms with Gasteiger partial charge >= 0.3 is 0 Å². The quantitative estimate of drug-likeness (QED) is 0.814. The predicted octanol–water partition coefficient (Wildman–Crippen LogP) is 1.88. The van der Waals surface area contributed by atoms with Gasteiger partial charge in [-0.1, -0.05) is 30.3 Å². The van der Waals surface area contributed by atoms with Crippen LogP contribution >= 0.6 is 12.4 Å². The van der Waals surface area contributed by atoms with Gasteiger partial charge in [-0.3, -0.25) is 0 Å². The Morgan fingerprint density at radius 3 is 2.47 bits per heavy atom. The number of piperazine rings is 1. The summed E-state index contributed by atoms with van der Waals surface area (Å²) in [6.07, 6.45) is 1.97. The van der Waals surface area contributed by atoms with Crippen LogP contribution in [0.15, 0.2) is 36.5 Å². The zero-order valence-corrected chi connectivity index (χ0v) is 10.4. The number of hydrogen-bond acceptors (Lipinski definition) is 3. The third-order valence-corrected chi connectivity index (χ3v) is 2.67. The van der Waals surface area contributed by atoms with Gasteiger partial charge in [0.25, 0.3) is 0 Å². The Labute approximate surface area is 108 Å². The molecule has 2 rings (SSSR count). The number of nitrogens with one attached hydrogen (secondary N) is 1. The van der Waals surface area contributed by atoms with Crippen molar-refractivity contribution in [2.75, 3.05) is 26.2 Å². The van der Waals surface area contributed by atoms with Crippen molar-refractivity contribution in [1.82, 2.24) is 10.2 Å². The van der Waals surface area contributed by atoms with Crippen molar-refractivity contribution in [3.05, 3.63) is 42.1 Å². The van der Waals surface area contributed by atoms with Crippen LogP contribution < -0.4 is 5.32 Å². The van der Waals surface area contributed by atoms with Crippen LogP contribution in [0.4, 0.5) is 0 Å². The number of halogens is 1. The van der Waals surface area contributed by atoms with Crippen LogP contribution in [0, 0.1) is 11.3 Å². The normalized spacial score (nSPS) is 15.9. The van der Waals surface area contributed by atoms with Crippen molar-refractivity contribution in [1.29, 1.82) is 5.26 Å². The van der Waals surface area contributed by atoms with E-state index in [4.69, 9.17) is 5.26 Å². The number of allylic oxidation sites excluding steroid dienone is 1. The average Bonchev–Trinajstić information content (AvgIpc) is 2.38. The van der Waals surface area contributed by atoms with Gasteiger partial charge in [-0.2, -0.15) is 5.26 Å². The summed E-state index contributed by atoms with van der Waals surface area (Å²) in [6.45, 7) is 3.92. The molecule has 1 fully saturated rings. The molecule has 1 aromatic rings. The number of benzene rings is 1. The minimum absolute atomic E-state index is 0. The minimum Gasteiger partial charge on any atom is -0.374 e. The molecule has 1 aromatic carbocycles. The third kappa shape index (κ3) is 3.77. The molecule has 1 heterocycles. The van der Waals surface area contributed by atoms with E-state index in [-0.39, 0.29) is 12.4 Å². The van der Waals surface area contributed by atoms with Crippen molar-refractivity contribution >= 4 is 18.0 Å². The van der Waals surface area contributed by atoms with E-state index in [1.165, 1.54) is 0 Å². The molecular formula is C13H16ClN3. The molecule has 17 heavy (non-hydrogen) atoms. The van der Waals surface area contributed by atoms with Crippen molar-refractivity contribution < 1.29 is 0 Å². The average molecular weight is 250 g/mol. The summed E-state index contributed by atoms with van der Waals surface area (Å²) in [5.74, 6) is 0. The molecule has 0 atom stereocenters. The van der Waals surface area contributed by atoms with Crippen LogP contribution in [-0.2, 0) is 0 Å². The largest absolute Gasteiger partial charge is 0.374 e. The Morgan fingerprint density at radius 2 is 1.88 bits per heavy atom. The fourth-order valence-electron chi connectivity index (χ4n) is 1.78. The molecular weight excluding hydrogens is 234 g/mol. The van der Waals surface area contributed by atoms with E-state index in [9.17, 15) is 0 Å². The van der Waals surface area contributed by atoms with Gasteiger partial charge in [-0.25, -0.2) is 0 Å². The first kappa shape index (κ1) is 13.6. The maximum absolute atomic E-state index is 9.15. The Kier molecular flexibility index (Phi) is 5.55. The highest BCUT2D eigenvalue weighted by atomic mass is 35.5. The van der Waals surface area contributed by atoms with E-state index in [1.807, 2.05) is 36.5 Å². The first-order chi connectivity index (χ1) is 7.90. The van der Waals surface area contributed by atoms with Gasteiger partial charge in [0.05, 0.1) is 5.57 Å². The molecule has 0 amide bonds. The van der Waals surface area contributed by atoms with Crippen molar-refractivity contribution in [3.8, 4) is 6.07 Å². The van der Waals surface area contributed by atoms with E-state index < -0.39 is 0 Å². The first-order valence-electron chi connectivity index (χ1n) is 5.52. The molecule has 90 valence electrons. The smallest absolute Gasteiger partial charge is 0.101 e. The maximum Gasteiger partial charge on any atom is 0.101 e. The number of rotatable bonds is 2. The first-order valence-corrected chi connectivity index (χ1v) is 5.52. The monoisotopic (exact) mass is 249 g/mol. The van der Waals surface area contributed by atoms with Crippen LogP contribution in [0.25, 0.3) is 5.57 Å². The zero-order valence-electron chi connectivity index (χ0n) is 9.60. The summed E-state index contributed by atoms with van der Waals surface area (Å²) in [6, 6.07) is 12.1. The van der Waals surface area contributed by atoms with Crippen LogP contribution in [0.2, 0.25) is 0 Å². The van der Waals surface area contributed by atoms with Crippen molar-refractivity contribution in [2.45, 2.75) is 0 Å². The lowest BCUT2D eigenvalue weighted by molar-refractivity contribution is 0.325. The summed E-state index contributed by atoms with van der Waals surface area (Å²) in [4.78, 5) is 2.20. The van der Waals surface area contributed by atoms with Gasteiger partial charge in [0, 0.05) is 32.4 Å². The van der Waals surface area contributed by atoms with Crippen molar-refractivity contribution in [2.24, 2.45) is 0 Å². The molecule has 0 radical (unpaired) electrons. The van der Waals surface area contributed by atoms with Gasteiger partial charge in [-0.05, 0) is 5.56 Å². The molecule has 0 bridgehead atoms. The molecule has 0 aliphatic carbocycles. The fraction of sp³-hybridized carbons (Fsp3) is 0.308. The molecule has 1 aliphatic rings. The molecule has 0 saturated carbocycles. The second kappa shape index (κ2) is 6.95. The maximum atomic E-state index is 9.15. The second-order valence-corrected chi connectivity index (χ2v) is 3.81. The Bertz CT molecular complexity index is 402. The molecule has 4 heteroatoms. The molecule has 1 N–H and O–H groups in total. The highest BCUT2D eigenvalue weighted by molar-refractivity contribution is 5.85. The van der Waals surface area contributed by atoms with Gasteiger partial charge in [0.1, 0.15) is 6.07 Å². The van der Waals surface area contributed by atoms with Crippen LogP contribution in [0.3, 0.4) is 0 Å². The Morgan fingerprint density at radius 1 is 1.24 bits per heavy atom. The summed E-state index contributed by atoms with van der Waals surface area (Å²) in [5, 5.41) is 12.4. The fourth-order valence-corrected chi connectivity index (χ4v) is 1.78. The SMILES string of the molecule is Cl.N#CC(=CN1CCNCC1)c1ccccc1. The van der Waals surface area contributed by atoms with E-state index in [1.54, 1.807) is 0 Å². The number of nitrogens with zero attached hydrogens (tertiary/aromatic N) is 2. The lowest BCUT2D eigenvalue weighted by Crippen LogP contribution is -2.40. The van der Waals surface area contributed by atoms with E-state index in [0.29, 0.717) is 0 Å². The highest BCUT2D eigenvalue weighted by Crippen LogP contribution is 2.13. The van der Waals surface area contributed by atoms with Crippen LogP contribution in [0.5, 0.6) is 0 Å². The minimum atomic E-state index is 0. The summed E-state index contributed by atoms with van der Waals surface area (Å²) in [5.41, 5.74) is 1.73. The highest BCUT2D eigenvalue weighted by Gasteiger charge is 2.07. The van der Waals surface area contributed by atoms with Crippen LogP contribution in [0.1, 0.15) is 5.56 Å². The lowest BCUT2D eigenvalue weighted by atomic mass is 10.1. The predicted molar refractivity (Wildman–Crippen MR) is 71.7 cm³/mol. The molecule has 0 spiro atoms. The van der Waals surface area contributed by atoms with Crippen LogP contribution in [-0.4, -0.2) is 31.1 Å². The van der Waals surface area contributed by atoms with Gasteiger partial charge in [0.15, 0.2) is 0 Å². The zero-order chi connectivity index (χ0) is 11.2. The van der Waals surface area contributed by atoms with E-state index >= 15 is 0 Å².